The van der Waals surface area contributed by atoms with E-state index >= 15 is 0 Å². The smallest absolute Gasteiger partial charge is 0.188 e. The molecule has 0 bridgehead atoms. The van der Waals surface area contributed by atoms with E-state index in [1.165, 1.54) is 12.4 Å². The van der Waals surface area contributed by atoms with Crippen LogP contribution < -0.4 is 5.32 Å². The van der Waals surface area contributed by atoms with Crippen molar-refractivity contribution in [2.75, 3.05) is 5.32 Å². The van der Waals surface area contributed by atoms with Gasteiger partial charge in [0, 0.05) is 35.8 Å². The molecule has 0 amide bonds. The van der Waals surface area contributed by atoms with Gasteiger partial charge in [-0.3, -0.25) is 0 Å². The van der Waals surface area contributed by atoms with Crippen LogP contribution in [0.2, 0.25) is 0 Å². The molecule has 0 saturated heterocycles. The molecule has 6 heteroatoms. The van der Waals surface area contributed by atoms with Crippen molar-refractivity contribution in [3.63, 3.8) is 0 Å². The van der Waals surface area contributed by atoms with Gasteiger partial charge in [-0.1, -0.05) is 18.2 Å². The predicted octanol–water partition coefficient (Wildman–Crippen LogP) is 3.74. The summed E-state index contributed by atoms with van der Waals surface area (Å²) in [5, 5.41) is 12.3. The Morgan fingerprint density at radius 1 is 1.00 bits per heavy atom. The van der Waals surface area contributed by atoms with E-state index in [0.717, 1.165) is 22.9 Å². The number of rotatable bonds is 4. The second-order valence-electron chi connectivity index (χ2n) is 4.93. The molecule has 1 heterocycles. The van der Waals surface area contributed by atoms with Crippen molar-refractivity contribution in [1.29, 1.82) is 0 Å². The van der Waals surface area contributed by atoms with Crippen LogP contribution in [0, 0.1) is 11.6 Å². The van der Waals surface area contributed by atoms with Gasteiger partial charge < -0.3 is 10.4 Å². The fourth-order valence-electron chi connectivity index (χ4n) is 2.17. The average Bonchev–Trinajstić information content (AvgIpc) is 2.60. The van der Waals surface area contributed by atoms with Crippen LogP contribution in [0.15, 0.2) is 55.1 Å². The van der Waals surface area contributed by atoms with Crippen molar-refractivity contribution < 1.29 is 13.9 Å². The lowest BCUT2D eigenvalue weighted by Gasteiger charge is -2.10. The van der Waals surface area contributed by atoms with E-state index in [-0.39, 0.29) is 12.1 Å². The van der Waals surface area contributed by atoms with Crippen molar-refractivity contribution in [3.05, 3.63) is 72.3 Å². The number of nitrogens with one attached hydrogen (secondary N) is 1. The van der Waals surface area contributed by atoms with E-state index in [9.17, 15) is 13.9 Å². The van der Waals surface area contributed by atoms with Crippen molar-refractivity contribution in [1.82, 2.24) is 9.97 Å². The molecule has 4 nitrogen and oxygen atoms in total. The maximum atomic E-state index is 13.8. The number of hydrogen-bond acceptors (Lipinski definition) is 4. The molecule has 3 rings (SSSR count). The van der Waals surface area contributed by atoms with Gasteiger partial charge in [0.25, 0.3) is 0 Å². The molecule has 0 radical (unpaired) electrons. The SMILES string of the molecule is Oc1c(F)ccc(CNc2cccc(-c3cncnc3)c2)c1F. The van der Waals surface area contributed by atoms with E-state index < -0.39 is 17.4 Å². The first-order valence-electron chi connectivity index (χ1n) is 6.90. The number of aromatic nitrogens is 2. The zero-order valence-corrected chi connectivity index (χ0v) is 12.0. The van der Waals surface area contributed by atoms with Crippen LogP contribution in [0.1, 0.15) is 5.56 Å². The quantitative estimate of drug-likeness (QED) is 0.770. The summed E-state index contributed by atoms with van der Waals surface area (Å²) in [5.41, 5.74) is 2.71. The van der Waals surface area contributed by atoms with Crippen molar-refractivity contribution in [3.8, 4) is 16.9 Å². The van der Waals surface area contributed by atoms with Gasteiger partial charge in [-0.25, -0.2) is 18.7 Å². The van der Waals surface area contributed by atoms with Crippen LogP contribution >= 0.6 is 0 Å². The molecule has 0 aliphatic rings. The molecule has 0 fully saturated rings. The molecule has 2 aromatic carbocycles. The Balaban J connectivity index is 1.78. The molecular weight excluding hydrogens is 300 g/mol. The number of phenols is 1. The van der Waals surface area contributed by atoms with E-state index in [1.807, 2.05) is 24.3 Å². The van der Waals surface area contributed by atoms with Crippen LogP contribution in [0.3, 0.4) is 0 Å². The standard InChI is InChI=1S/C17H13F2N3O/c18-15-5-4-12(16(19)17(15)23)9-22-14-3-1-2-11(6-14)13-7-20-10-21-8-13/h1-8,10,22-23H,9H2. The second kappa shape index (κ2) is 6.39. The highest BCUT2D eigenvalue weighted by Gasteiger charge is 2.12. The minimum Gasteiger partial charge on any atom is -0.503 e. The Morgan fingerprint density at radius 2 is 1.78 bits per heavy atom. The third-order valence-electron chi connectivity index (χ3n) is 3.39. The maximum Gasteiger partial charge on any atom is 0.188 e. The van der Waals surface area contributed by atoms with Gasteiger partial charge in [0.2, 0.25) is 0 Å². The highest BCUT2D eigenvalue weighted by molar-refractivity contribution is 5.66. The number of phenolic OH excluding ortho intramolecular Hbond substituents is 1. The van der Waals surface area contributed by atoms with Gasteiger partial charge in [-0.05, 0) is 23.8 Å². The van der Waals surface area contributed by atoms with E-state index in [1.54, 1.807) is 12.4 Å². The van der Waals surface area contributed by atoms with Gasteiger partial charge in [0.05, 0.1) is 0 Å². The first-order valence-corrected chi connectivity index (χ1v) is 6.90. The molecule has 116 valence electrons. The second-order valence-corrected chi connectivity index (χ2v) is 4.93. The van der Waals surface area contributed by atoms with Gasteiger partial charge in [-0.15, -0.1) is 0 Å². The Hall–Kier alpha value is -3.02. The highest BCUT2D eigenvalue weighted by Crippen LogP contribution is 2.25. The normalized spacial score (nSPS) is 10.5. The lowest BCUT2D eigenvalue weighted by Crippen LogP contribution is -2.02. The third-order valence-corrected chi connectivity index (χ3v) is 3.39. The number of benzene rings is 2. The molecular formula is C17H13F2N3O. The fraction of sp³-hybridized carbons (Fsp3) is 0.0588. The average molecular weight is 313 g/mol. The van der Waals surface area contributed by atoms with Crippen LogP contribution in [-0.4, -0.2) is 15.1 Å². The summed E-state index contributed by atoms with van der Waals surface area (Å²) in [6, 6.07) is 9.80. The van der Waals surface area contributed by atoms with Gasteiger partial charge in [0.1, 0.15) is 6.33 Å². The molecule has 0 spiro atoms. The van der Waals surface area contributed by atoms with Crippen molar-refractivity contribution in [2.45, 2.75) is 6.54 Å². The molecule has 23 heavy (non-hydrogen) atoms. The third kappa shape index (κ3) is 3.26. The monoisotopic (exact) mass is 313 g/mol. The molecule has 0 saturated carbocycles. The first kappa shape index (κ1) is 14.9. The number of aromatic hydroxyl groups is 1. The Morgan fingerprint density at radius 3 is 2.57 bits per heavy atom. The number of anilines is 1. The summed E-state index contributed by atoms with van der Waals surface area (Å²) >= 11 is 0. The Bertz CT molecular complexity index is 825. The van der Waals surface area contributed by atoms with Gasteiger partial charge in [0.15, 0.2) is 17.4 Å². The summed E-state index contributed by atoms with van der Waals surface area (Å²) in [7, 11) is 0. The molecule has 2 N–H and O–H groups in total. The van der Waals surface area contributed by atoms with E-state index in [0.29, 0.717) is 0 Å². The van der Waals surface area contributed by atoms with Crippen LogP contribution in [0.4, 0.5) is 14.5 Å². The Kier molecular flexibility index (Phi) is 4.14. The lowest BCUT2D eigenvalue weighted by molar-refractivity contribution is 0.393. The minimum absolute atomic E-state index is 0.119. The zero-order valence-electron chi connectivity index (χ0n) is 12.0. The summed E-state index contributed by atoms with van der Waals surface area (Å²) in [4.78, 5) is 7.94. The molecule has 0 atom stereocenters. The van der Waals surface area contributed by atoms with E-state index in [4.69, 9.17) is 0 Å². The largest absolute Gasteiger partial charge is 0.503 e. The van der Waals surface area contributed by atoms with Crippen LogP contribution in [-0.2, 0) is 6.54 Å². The molecule has 0 aliphatic carbocycles. The van der Waals surface area contributed by atoms with Gasteiger partial charge >= 0.3 is 0 Å². The number of hydrogen-bond donors (Lipinski definition) is 2. The van der Waals surface area contributed by atoms with Crippen molar-refractivity contribution in [2.24, 2.45) is 0 Å². The minimum atomic E-state index is -0.975. The molecule has 0 aliphatic heterocycles. The summed E-state index contributed by atoms with van der Waals surface area (Å²) in [5.74, 6) is -2.89. The molecule has 1 aromatic heterocycles. The molecule has 3 aromatic rings. The van der Waals surface area contributed by atoms with E-state index in [2.05, 4.69) is 15.3 Å². The number of halogens is 2. The summed E-state index contributed by atoms with van der Waals surface area (Å²) < 4.78 is 26.8. The molecule has 0 unspecified atom stereocenters. The van der Waals surface area contributed by atoms with Crippen LogP contribution in [0.25, 0.3) is 11.1 Å². The summed E-state index contributed by atoms with van der Waals surface area (Å²) in [6.45, 7) is 0.119. The lowest BCUT2D eigenvalue weighted by atomic mass is 10.1. The summed E-state index contributed by atoms with van der Waals surface area (Å²) in [6.07, 6.45) is 4.85. The fourth-order valence-corrected chi connectivity index (χ4v) is 2.17. The highest BCUT2D eigenvalue weighted by atomic mass is 19.1. The van der Waals surface area contributed by atoms with Gasteiger partial charge in [-0.2, -0.15) is 0 Å². The topological polar surface area (TPSA) is 58.0 Å². The van der Waals surface area contributed by atoms with Crippen molar-refractivity contribution >= 4 is 5.69 Å². The van der Waals surface area contributed by atoms with Crippen LogP contribution in [0.5, 0.6) is 5.75 Å². The zero-order chi connectivity index (χ0) is 16.2. The number of nitrogens with zero attached hydrogens (tertiary/aromatic N) is 2. The predicted molar refractivity (Wildman–Crippen MR) is 82.8 cm³/mol. The Labute approximate surface area is 131 Å². The maximum absolute atomic E-state index is 13.8. The first-order chi connectivity index (χ1) is 11.1.